The smallest absolute Gasteiger partial charge is 0.252 e. The van der Waals surface area contributed by atoms with E-state index in [1.165, 1.54) is 35.2 Å². The van der Waals surface area contributed by atoms with Crippen molar-refractivity contribution in [2.24, 2.45) is 0 Å². The van der Waals surface area contributed by atoms with Crippen molar-refractivity contribution in [3.63, 3.8) is 0 Å². The van der Waals surface area contributed by atoms with Gasteiger partial charge in [0.25, 0.3) is 16.7 Å². The topological polar surface area (TPSA) is 223 Å². The number of piperidine rings is 3. The van der Waals surface area contributed by atoms with Crippen LogP contribution >= 0.6 is 0 Å². The lowest BCUT2D eigenvalue weighted by molar-refractivity contribution is 0.122. The Kier molecular flexibility index (Phi) is 25.6. The quantitative estimate of drug-likeness (QED) is 0.0893. The van der Waals surface area contributed by atoms with Crippen LogP contribution < -0.4 is 36.1 Å². The van der Waals surface area contributed by atoms with Gasteiger partial charge in [-0.1, -0.05) is 53.8 Å². The molecular weight excluding hydrogens is 1070 g/mol. The van der Waals surface area contributed by atoms with E-state index in [1.807, 2.05) is 36.9 Å². The van der Waals surface area contributed by atoms with Crippen molar-refractivity contribution in [2.45, 2.75) is 131 Å². The molecule has 0 amide bonds. The molecule has 6 aliphatic heterocycles. The second kappa shape index (κ2) is 33.1. The van der Waals surface area contributed by atoms with Crippen molar-refractivity contribution in [3.05, 3.63) is 150 Å². The second-order valence-corrected chi connectivity index (χ2v) is 22.5. The van der Waals surface area contributed by atoms with Gasteiger partial charge in [0.05, 0.1) is 50.6 Å². The Balaban J connectivity index is 0.000000180. The summed E-state index contributed by atoms with van der Waals surface area (Å²) in [5, 5.41) is 0. The predicted octanol–water partition coefficient (Wildman–Crippen LogP) is 7.78. The standard InChI is InChI=1S/C22H31N5O2.C20H27N5O3.C19H25N5O.3CH4/c1-2-3-19-5-4-17(15-23-19)16-26-8-6-18(7-9-26)20-14-21(28)25-22(24-20)27-10-12-29-13-11-27;1-27-19-3-2-15(13-21-19)14-24-6-4-16(5-7-24)17-12-18(26)23-20(22-17)25-8-10-28-11-9-25;25-18-12-17(21-19(22-18)24-8-1-2-9-24)16-5-10-23(11-6-16)14-15-4-3-7-20-13-15;;;/h4-5,14-15,18H,2-3,6-13,16H2,1H3,(H,24,25,28);2-3,12-13,16H,4-11,14H2,1H3,(H,22,23,26);3-4,7,12-13,16H,1-2,5-6,8-11,14H2,(H,21,22,25);3*1H4. The van der Waals surface area contributed by atoms with Crippen LogP contribution in [0.4, 0.5) is 17.8 Å². The van der Waals surface area contributed by atoms with Gasteiger partial charge in [0.1, 0.15) is 0 Å². The third kappa shape index (κ3) is 19.0. The molecule has 6 aromatic rings. The number of H-pyrrole nitrogens is 3. The molecule has 0 saturated carbocycles. The number of hydrogen-bond donors (Lipinski definition) is 3. The summed E-state index contributed by atoms with van der Waals surface area (Å²) in [5.74, 6) is 3.82. The van der Waals surface area contributed by atoms with Crippen LogP contribution in [-0.2, 0) is 35.5 Å². The molecule has 462 valence electrons. The summed E-state index contributed by atoms with van der Waals surface area (Å²) in [5.41, 5.74) is 7.54. The fourth-order valence-corrected chi connectivity index (χ4v) is 11.9. The number of anilines is 3. The molecule has 0 spiro atoms. The highest BCUT2D eigenvalue weighted by molar-refractivity contribution is 5.34. The molecule has 6 aromatic heterocycles. The summed E-state index contributed by atoms with van der Waals surface area (Å²) in [6.45, 7) is 18.8. The number of likely N-dealkylation sites (tertiary alicyclic amines) is 3. The Morgan fingerprint density at radius 2 is 0.906 bits per heavy atom. The minimum atomic E-state index is -0.0711. The van der Waals surface area contributed by atoms with E-state index >= 15 is 0 Å². The zero-order valence-electron chi connectivity index (χ0n) is 48.1. The first-order valence-corrected chi connectivity index (χ1v) is 29.9. The van der Waals surface area contributed by atoms with Crippen molar-refractivity contribution in [1.82, 2.24) is 59.6 Å². The number of morpholine rings is 2. The number of nitrogens with one attached hydrogen (secondary N) is 3. The lowest BCUT2D eigenvalue weighted by atomic mass is 9.93. The van der Waals surface area contributed by atoms with Gasteiger partial charge in [0, 0.05) is 131 Å². The van der Waals surface area contributed by atoms with E-state index in [9.17, 15) is 14.4 Å². The lowest BCUT2D eigenvalue weighted by Gasteiger charge is -2.32. The van der Waals surface area contributed by atoms with Gasteiger partial charge in [0.2, 0.25) is 23.7 Å². The van der Waals surface area contributed by atoms with Gasteiger partial charge < -0.3 is 28.9 Å². The van der Waals surface area contributed by atoms with Crippen LogP contribution in [0.3, 0.4) is 0 Å². The van der Waals surface area contributed by atoms with Crippen LogP contribution in [0.2, 0.25) is 0 Å². The van der Waals surface area contributed by atoms with Crippen molar-refractivity contribution in [3.8, 4) is 5.88 Å². The molecule has 6 aliphatic rings. The molecule has 85 heavy (non-hydrogen) atoms. The molecular formula is C64H95N15O6. The fraction of sp³-hybridized carbons (Fsp3) is 0.578. The second-order valence-electron chi connectivity index (χ2n) is 22.5. The average Bonchev–Trinajstić information content (AvgIpc) is 4.20. The summed E-state index contributed by atoms with van der Waals surface area (Å²) >= 11 is 0. The minimum Gasteiger partial charge on any atom is -0.481 e. The van der Waals surface area contributed by atoms with Crippen LogP contribution in [0.25, 0.3) is 0 Å². The van der Waals surface area contributed by atoms with Crippen molar-refractivity contribution in [1.29, 1.82) is 0 Å². The number of ether oxygens (including phenoxy) is 3. The van der Waals surface area contributed by atoms with Crippen LogP contribution in [0.15, 0.2) is 93.8 Å². The summed E-state index contributed by atoms with van der Waals surface area (Å²) in [7, 11) is 1.62. The third-order valence-electron chi connectivity index (χ3n) is 16.6. The summed E-state index contributed by atoms with van der Waals surface area (Å²) in [6.07, 6.45) is 18.3. The first-order chi connectivity index (χ1) is 40.2. The zero-order valence-corrected chi connectivity index (χ0v) is 48.1. The molecule has 0 bridgehead atoms. The summed E-state index contributed by atoms with van der Waals surface area (Å²) < 4.78 is 15.9. The van der Waals surface area contributed by atoms with Gasteiger partial charge in [-0.15, -0.1) is 0 Å². The van der Waals surface area contributed by atoms with E-state index in [1.54, 1.807) is 25.3 Å². The first kappa shape index (κ1) is 65.6. The van der Waals surface area contributed by atoms with Crippen molar-refractivity contribution < 1.29 is 14.2 Å². The van der Waals surface area contributed by atoms with Crippen molar-refractivity contribution >= 4 is 17.8 Å². The molecule has 6 saturated heterocycles. The lowest BCUT2D eigenvalue weighted by Crippen LogP contribution is -2.39. The SMILES string of the molecule is C.C.C.CCCc1ccc(CN2CCC(c3cc(=O)[nH]c(N4CCOCC4)n3)CC2)cn1.COc1ccc(CN2CCC(c3cc(=O)[nH]c(N4CCOCC4)n3)CC2)cn1.O=c1cc(C2CCN(Cc3cccnc3)CC2)nc(N2CCCC2)[nH]1. The summed E-state index contributed by atoms with van der Waals surface area (Å²) in [6, 6.07) is 17.5. The van der Waals surface area contributed by atoms with Gasteiger partial charge >= 0.3 is 0 Å². The van der Waals surface area contributed by atoms with Gasteiger partial charge in [-0.2, -0.15) is 0 Å². The van der Waals surface area contributed by atoms with E-state index in [0.29, 0.717) is 62.0 Å². The predicted molar refractivity (Wildman–Crippen MR) is 337 cm³/mol. The number of hydrogen-bond acceptors (Lipinski definition) is 18. The van der Waals surface area contributed by atoms with E-state index < -0.39 is 0 Å². The summed E-state index contributed by atoms with van der Waals surface area (Å²) in [4.78, 5) is 86.3. The molecule has 21 heteroatoms. The Bertz CT molecular complexity index is 3070. The Hall–Kier alpha value is -6.91. The molecule has 21 nitrogen and oxygen atoms in total. The molecule has 0 aromatic carbocycles. The normalized spacial score (nSPS) is 18.4. The Morgan fingerprint density at radius 1 is 0.506 bits per heavy atom. The number of nitrogens with zero attached hydrogens (tertiary/aromatic N) is 12. The highest BCUT2D eigenvalue weighted by Gasteiger charge is 2.27. The van der Waals surface area contributed by atoms with E-state index in [0.717, 1.165) is 173 Å². The molecule has 0 atom stereocenters. The Labute approximate surface area is 503 Å². The molecule has 6 fully saturated rings. The van der Waals surface area contributed by atoms with Crippen LogP contribution in [0.1, 0.15) is 144 Å². The number of pyridine rings is 3. The maximum atomic E-state index is 12.2. The van der Waals surface area contributed by atoms with Crippen LogP contribution in [0.5, 0.6) is 5.88 Å². The van der Waals surface area contributed by atoms with E-state index in [2.05, 4.69) is 90.5 Å². The molecule has 0 aliphatic carbocycles. The average molecular weight is 1170 g/mol. The van der Waals surface area contributed by atoms with E-state index in [4.69, 9.17) is 29.2 Å². The molecule has 0 radical (unpaired) electrons. The number of rotatable bonds is 15. The largest absolute Gasteiger partial charge is 0.481 e. The number of aromatic nitrogens is 9. The zero-order chi connectivity index (χ0) is 56.5. The van der Waals surface area contributed by atoms with Crippen LogP contribution in [-0.4, -0.2) is 172 Å². The monoisotopic (exact) mass is 1170 g/mol. The third-order valence-corrected chi connectivity index (χ3v) is 16.6. The number of methoxy groups -OCH3 is 1. The van der Waals surface area contributed by atoms with Crippen LogP contribution in [0, 0.1) is 0 Å². The van der Waals surface area contributed by atoms with Gasteiger partial charge in [-0.05, 0) is 126 Å². The Morgan fingerprint density at radius 3 is 1.26 bits per heavy atom. The molecule has 12 heterocycles. The van der Waals surface area contributed by atoms with E-state index in [-0.39, 0.29) is 39.0 Å². The molecule has 3 N–H and O–H groups in total. The number of aryl methyl sites for hydroxylation is 1. The highest BCUT2D eigenvalue weighted by Crippen LogP contribution is 2.31. The maximum absolute atomic E-state index is 12.2. The molecule has 12 rings (SSSR count). The fourth-order valence-electron chi connectivity index (χ4n) is 11.9. The van der Waals surface area contributed by atoms with Gasteiger partial charge in [0.15, 0.2) is 0 Å². The number of aromatic amines is 3. The maximum Gasteiger partial charge on any atom is 0.252 e. The first-order valence-electron chi connectivity index (χ1n) is 29.9. The minimum absolute atomic E-state index is 0. The molecule has 0 unspecified atom stereocenters. The highest BCUT2D eigenvalue weighted by atomic mass is 16.5. The van der Waals surface area contributed by atoms with Gasteiger partial charge in [-0.25, -0.2) is 19.9 Å². The van der Waals surface area contributed by atoms with Gasteiger partial charge in [-0.3, -0.25) is 54.0 Å². The van der Waals surface area contributed by atoms with Crippen molar-refractivity contribution in [2.75, 3.05) is 127 Å².